The van der Waals surface area contributed by atoms with Crippen LogP contribution in [-0.2, 0) is 14.3 Å². The minimum Gasteiger partial charge on any atom is -0.464 e. The zero-order valence-corrected chi connectivity index (χ0v) is 14.6. The summed E-state index contributed by atoms with van der Waals surface area (Å²) in [6.45, 7) is 5.52. The van der Waals surface area contributed by atoms with E-state index in [1.807, 2.05) is 0 Å². The van der Waals surface area contributed by atoms with E-state index in [0.717, 1.165) is 37.5 Å². The van der Waals surface area contributed by atoms with Crippen LogP contribution in [0.4, 0.5) is 0 Å². The van der Waals surface area contributed by atoms with Crippen molar-refractivity contribution in [2.45, 2.75) is 77.7 Å². The average Bonchev–Trinajstić information content (AvgIpc) is 2.85. The molecular formula is C20H30O3. The normalized spacial score (nSPS) is 52.3. The first kappa shape index (κ1) is 15.7. The Hall–Kier alpha value is -0.860. The van der Waals surface area contributed by atoms with Crippen molar-refractivity contribution in [1.29, 1.82) is 0 Å². The molecule has 0 aliphatic heterocycles. The Morgan fingerprint density at radius 3 is 2.57 bits per heavy atom. The van der Waals surface area contributed by atoms with Gasteiger partial charge in [0.25, 0.3) is 6.47 Å². The summed E-state index contributed by atoms with van der Waals surface area (Å²) < 4.78 is 5.48. The zero-order chi connectivity index (χ0) is 16.2. The lowest BCUT2D eigenvalue weighted by Crippen LogP contribution is -2.54. The molecule has 0 saturated heterocycles. The Balaban J connectivity index is 1.60. The summed E-state index contributed by atoms with van der Waals surface area (Å²) in [6, 6.07) is 0. The third kappa shape index (κ3) is 2.14. The molecule has 0 bridgehead atoms. The third-order valence-electron chi connectivity index (χ3n) is 8.61. The SMILES string of the molecule is C[C@]12CCC(=O)C[C@@H]1CC[C@H]1[C@H]2CC[C@]2(C)[C@H](OC=O)CC[C@@H]12. The van der Waals surface area contributed by atoms with E-state index in [1.165, 1.54) is 32.1 Å². The highest BCUT2D eigenvalue weighted by Gasteiger charge is 2.60. The summed E-state index contributed by atoms with van der Waals surface area (Å²) in [5, 5.41) is 0. The summed E-state index contributed by atoms with van der Waals surface area (Å²) in [5.74, 6) is 3.39. The fraction of sp³-hybridized carbons (Fsp3) is 0.900. The maximum Gasteiger partial charge on any atom is 0.293 e. The molecule has 0 aromatic carbocycles. The summed E-state index contributed by atoms with van der Waals surface area (Å²) >= 11 is 0. The number of fused-ring (bicyclic) bond motifs is 5. The molecule has 0 aromatic rings. The Bertz CT molecular complexity index is 515. The van der Waals surface area contributed by atoms with Gasteiger partial charge in [0, 0.05) is 18.3 Å². The second-order valence-corrected chi connectivity index (χ2v) is 9.24. The molecular weight excluding hydrogens is 288 g/mol. The van der Waals surface area contributed by atoms with Crippen LogP contribution >= 0.6 is 0 Å². The number of Topliss-reactive ketones (excluding diaryl/α,β-unsaturated/α-hetero) is 1. The summed E-state index contributed by atoms with van der Waals surface area (Å²) in [7, 11) is 0. The van der Waals surface area contributed by atoms with E-state index >= 15 is 0 Å². The molecule has 128 valence electrons. The van der Waals surface area contributed by atoms with Crippen LogP contribution in [0.25, 0.3) is 0 Å². The molecule has 4 rings (SSSR count). The van der Waals surface area contributed by atoms with Crippen molar-refractivity contribution in [2.75, 3.05) is 0 Å². The van der Waals surface area contributed by atoms with Gasteiger partial charge >= 0.3 is 0 Å². The third-order valence-corrected chi connectivity index (χ3v) is 8.61. The van der Waals surface area contributed by atoms with Gasteiger partial charge in [0.2, 0.25) is 0 Å². The lowest BCUT2D eigenvalue weighted by Gasteiger charge is -2.60. The molecule has 0 amide bonds. The first-order valence-electron chi connectivity index (χ1n) is 9.60. The van der Waals surface area contributed by atoms with E-state index in [1.54, 1.807) is 0 Å². The van der Waals surface area contributed by atoms with E-state index in [2.05, 4.69) is 13.8 Å². The molecule has 3 nitrogen and oxygen atoms in total. The second-order valence-electron chi connectivity index (χ2n) is 9.24. The Labute approximate surface area is 139 Å². The van der Waals surface area contributed by atoms with E-state index in [0.29, 0.717) is 29.5 Å². The van der Waals surface area contributed by atoms with Gasteiger partial charge in [-0.2, -0.15) is 0 Å². The van der Waals surface area contributed by atoms with Crippen molar-refractivity contribution in [3.05, 3.63) is 0 Å². The van der Waals surface area contributed by atoms with E-state index in [4.69, 9.17) is 4.74 Å². The number of hydrogen-bond acceptors (Lipinski definition) is 3. The van der Waals surface area contributed by atoms with Crippen molar-refractivity contribution < 1.29 is 14.3 Å². The lowest BCUT2D eigenvalue weighted by atomic mass is 9.45. The van der Waals surface area contributed by atoms with Crippen LogP contribution < -0.4 is 0 Å². The number of ketones is 1. The van der Waals surface area contributed by atoms with Crippen LogP contribution in [0.2, 0.25) is 0 Å². The molecule has 4 aliphatic rings. The second kappa shape index (κ2) is 5.32. The number of carbonyl (C=O) groups excluding carboxylic acids is 2. The predicted molar refractivity (Wildman–Crippen MR) is 87.7 cm³/mol. The topological polar surface area (TPSA) is 43.4 Å². The maximum atomic E-state index is 11.9. The molecule has 0 aromatic heterocycles. The summed E-state index contributed by atoms with van der Waals surface area (Å²) in [5.41, 5.74) is 0.567. The van der Waals surface area contributed by atoms with Crippen molar-refractivity contribution in [3.63, 3.8) is 0 Å². The Morgan fingerprint density at radius 2 is 1.78 bits per heavy atom. The first-order chi connectivity index (χ1) is 11.0. The van der Waals surface area contributed by atoms with Crippen molar-refractivity contribution in [1.82, 2.24) is 0 Å². The zero-order valence-electron chi connectivity index (χ0n) is 14.6. The number of carbonyl (C=O) groups is 2. The van der Waals surface area contributed by atoms with E-state index < -0.39 is 0 Å². The van der Waals surface area contributed by atoms with Gasteiger partial charge in [-0.3, -0.25) is 9.59 Å². The van der Waals surface area contributed by atoms with Gasteiger partial charge in [-0.15, -0.1) is 0 Å². The lowest BCUT2D eigenvalue weighted by molar-refractivity contribution is -0.153. The summed E-state index contributed by atoms with van der Waals surface area (Å²) in [4.78, 5) is 22.8. The smallest absolute Gasteiger partial charge is 0.293 e. The van der Waals surface area contributed by atoms with Gasteiger partial charge in [0.15, 0.2) is 0 Å². The van der Waals surface area contributed by atoms with Crippen LogP contribution in [0.5, 0.6) is 0 Å². The number of hydrogen-bond donors (Lipinski definition) is 0. The maximum absolute atomic E-state index is 11.9. The van der Waals surface area contributed by atoms with E-state index in [-0.39, 0.29) is 11.5 Å². The standard InChI is InChI=1S/C20H30O3/c1-19-9-7-14(22)11-13(19)3-4-15-16-5-6-18(23-12-21)20(16,2)10-8-17(15)19/h12-13,15-18H,3-11H2,1-2H3/t13-,15+,16-,17+,18+,19-,20-/m0/s1. The van der Waals surface area contributed by atoms with Crippen molar-refractivity contribution >= 4 is 12.3 Å². The number of ether oxygens (including phenoxy) is 1. The van der Waals surface area contributed by atoms with Crippen LogP contribution in [0.15, 0.2) is 0 Å². The molecule has 4 fully saturated rings. The molecule has 0 heterocycles. The van der Waals surface area contributed by atoms with Gasteiger partial charge in [-0.25, -0.2) is 0 Å². The van der Waals surface area contributed by atoms with Gasteiger partial charge in [0.05, 0.1) is 0 Å². The largest absolute Gasteiger partial charge is 0.464 e. The molecule has 7 atom stereocenters. The summed E-state index contributed by atoms with van der Waals surface area (Å²) in [6.07, 6.45) is 10.1. The van der Waals surface area contributed by atoms with E-state index in [9.17, 15) is 9.59 Å². The quantitative estimate of drug-likeness (QED) is 0.719. The molecule has 0 radical (unpaired) electrons. The highest BCUT2D eigenvalue weighted by molar-refractivity contribution is 5.79. The fourth-order valence-electron chi connectivity index (χ4n) is 7.29. The van der Waals surface area contributed by atoms with Gasteiger partial charge in [-0.05, 0) is 74.0 Å². The molecule has 0 spiro atoms. The van der Waals surface area contributed by atoms with Crippen LogP contribution in [0.1, 0.15) is 71.6 Å². The Kier molecular flexibility index (Phi) is 3.62. The monoisotopic (exact) mass is 318 g/mol. The van der Waals surface area contributed by atoms with Crippen LogP contribution in [0, 0.1) is 34.5 Å². The molecule has 4 saturated carbocycles. The molecule has 23 heavy (non-hydrogen) atoms. The fourth-order valence-corrected chi connectivity index (χ4v) is 7.29. The van der Waals surface area contributed by atoms with Crippen LogP contribution in [0.3, 0.4) is 0 Å². The molecule has 4 aliphatic carbocycles. The minimum absolute atomic E-state index is 0.129. The Morgan fingerprint density at radius 1 is 1.00 bits per heavy atom. The highest BCUT2D eigenvalue weighted by atomic mass is 16.5. The molecule has 3 heteroatoms. The van der Waals surface area contributed by atoms with Crippen molar-refractivity contribution in [3.8, 4) is 0 Å². The van der Waals surface area contributed by atoms with Crippen LogP contribution in [-0.4, -0.2) is 18.4 Å². The van der Waals surface area contributed by atoms with Crippen molar-refractivity contribution in [2.24, 2.45) is 34.5 Å². The first-order valence-corrected chi connectivity index (χ1v) is 9.60. The average molecular weight is 318 g/mol. The predicted octanol–water partition coefficient (Wildman–Crippen LogP) is 4.14. The molecule has 0 unspecified atom stereocenters. The molecule has 0 N–H and O–H groups in total. The minimum atomic E-state index is 0.129. The number of rotatable bonds is 2. The van der Waals surface area contributed by atoms with Gasteiger partial charge < -0.3 is 4.74 Å². The highest BCUT2D eigenvalue weighted by Crippen LogP contribution is 2.66. The van der Waals surface area contributed by atoms with Gasteiger partial charge in [0.1, 0.15) is 11.9 Å². The van der Waals surface area contributed by atoms with Gasteiger partial charge in [-0.1, -0.05) is 13.8 Å².